The van der Waals surface area contributed by atoms with Crippen LogP contribution in [0, 0.1) is 18.3 Å². The van der Waals surface area contributed by atoms with E-state index in [0.717, 1.165) is 22.4 Å². The van der Waals surface area contributed by atoms with Gasteiger partial charge in [0.15, 0.2) is 11.5 Å². The second-order valence-corrected chi connectivity index (χ2v) is 8.24. The molecule has 0 bridgehead atoms. The molecular formula is C22H18BrClN4O3. The minimum Gasteiger partial charge on any atom is -0.493 e. The molecule has 3 aromatic rings. The predicted molar refractivity (Wildman–Crippen MR) is 119 cm³/mol. The molecule has 0 aliphatic carbocycles. The van der Waals surface area contributed by atoms with E-state index in [0.29, 0.717) is 39.1 Å². The molecule has 0 saturated heterocycles. The Morgan fingerprint density at radius 3 is 2.87 bits per heavy atom. The maximum Gasteiger partial charge on any atom is 0.244 e. The van der Waals surface area contributed by atoms with E-state index in [4.69, 9.17) is 31.5 Å². The van der Waals surface area contributed by atoms with Crippen LogP contribution < -0.4 is 19.9 Å². The van der Waals surface area contributed by atoms with Gasteiger partial charge in [-0.25, -0.2) is 0 Å². The number of hydrogen-bond donors (Lipinski definition) is 2. The first kappa shape index (κ1) is 21.1. The summed E-state index contributed by atoms with van der Waals surface area (Å²) in [5.41, 5.74) is 9.57. The molecule has 31 heavy (non-hydrogen) atoms. The zero-order valence-electron chi connectivity index (χ0n) is 16.7. The van der Waals surface area contributed by atoms with Gasteiger partial charge in [0.05, 0.1) is 17.5 Å². The number of H-pyrrole nitrogens is 1. The van der Waals surface area contributed by atoms with Gasteiger partial charge in [-0.1, -0.05) is 23.7 Å². The third kappa shape index (κ3) is 3.94. The summed E-state index contributed by atoms with van der Waals surface area (Å²) in [5, 5.41) is 17.4. The van der Waals surface area contributed by atoms with Gasteiger partial charge in [0, 0.05) is 16.3 Å². The minimum atomic E-state index is -0.459. The highest BCUT2D eigenvalue weighted by molar-refractivity contribution is 9.10. The van der Waals surface area contributed by atoms with Crippen LogP contribution in [0.2, 0.25) is 5.02 Å². The molecule has 0 fully saturated rings. The summed E-state index contributed by atoms with van der Waals surface area (Å²) in [7, 11) is 1.56. The van der Waals surface area contributed by atoms with Gasteiger partial charge < -0.3 is 19.9 Å². The van der Waals surface area contributed by atoms with E-state index in [9.17, 15) is 5.26 Å². The number of hydrogen-bond acceptors (Lipinski definition) is 6. The first-order valence-corrected chi connectivity index (χ1v) is 10.5. The van der Waals surface area contributed by atoms with E-state index in [1.807, 2.05) is 43.3 Å². The normalized spacial score (nSPS) is 15.1. The van der Waals surface area contributed by atoms with Gasteiger partial charge >= 0.3 is 0 Å². The lowest BCUT2D eigenvalue weighted by Crippen LogP contribution is -2.21. The number of ether oxygens (including phenoxy) is 3. The highest BCUT2D eigenvalue weighted by atomic mass is 79.9. The molecular weight excluding hydrogens is 484 g/mol. The third-order valence-corrected chi connectivity index (χ3v) is 5.81. The van der Waals surface area contributed by atoms with Gasteiger partial charge in [-0.2, -0.15) is 5.26 Å². The van der Waals surface area contributed by atoms with Crippen molar-refractivity contribution in [3.63, 3.8) is 0 Å². The molecule has 1 aromatic heterocycles. The number of nitrogens with one attached hydrogen (secondary N) is 1. The van der Waals surface area contributed by atoms with Crippen LogP contribution in [0.1, 0.15) is 28.3 Å². The summed E-state index contributed by atoms with van der Waals surface area (Å²) < 4.78 is 17.8. The fraction of sp³-hybridized carbons (Fsp3) is 0.182. The lowest BCUT2D eigenvalue weighted by molar-refractivity contribution is 0.282. The van der Waals surface area contributed by atoms with E-state index in [-0.39, 0.29) is 5.88 Å². The average Bonchev–Trinajstić information content (AvgIpc) is 3.11. The summed E-state index contributed by atoms with van der Waals surface area (Å²) in [5.74, 6) is 0.979. The minimum absolute atomic E-state index is 0.0304. The van der Waals surface area contributed by atoms with E-state index < -0.39 is 5.92 Å². The zero-order valence-corrected chi connectivity index (χ0v) is 19.0. The predicted octanol–water partition coefficient (Wildman–Crippen LogP) is 4.94. The first-order valence-electron chi connectivity index (χ1n) is 9.30. The number of halogens is 2. The lowest BCUT2D eigenvalue weighted by atomic mass is 9.84. The van der Waals surface area contributed by atoms with E-state index >= 15 is 0 Å². The lowest BCUT2D eigenvalue weighted by Gasteiger charge is -2.25. The zero-order chi connectivity index (χ0) is 22.1. The number of benzene rings is 2. The molecule has 1 atom stereocenters. The summed E-state index contributed by atoms with van der Waals surface area (Å²) >= 11 is 9.64. The average molecular weight is 502 g/mol. The Morgan fingerprint density at radius 1 is 1.35 bits per heavy atom. The first-order chi connectivity index (χ1) is 14.9. The Morgan fingerprint density at radius 2 is 2.16 bits per heavy atom. The number of rotatable bonds is 5. The van der Waals surface area contributed by atoms with Crippen molar-refractivity contribution >= 4 is 27.5 Å². The van der Waals surface area contributed by atoms with E-state index in [2.05, 4.69) is 32.2 Å². The number of fused-ring (bicyclic) bond motifs is 1. The SMILES string of the molecule is COc1cc([C@H]2C(C#N)=C(N)Oc3n[nH]c(C)c32)cc(Br)c1OCc1cccc(Cl)c1. The molecule has 9 heteroatoms. The molecule has 1 aliphatic rings. The topological polar surface area (TPSA) is 106 Å². The number of nitriles is 1. The molecule has 0 spiro atoms. The third-order valence-electron chi connectivity index (χ3n) is 4.99. The van der Waals surface area contributed by atoms with Gasteiger partial charge in [0.2, 0.25) is 11.8 Å². The molecule has 0 amide bonds. The van der Waals surface area contributed by atoms with Crippen LogP contribution in [0.25, 0.3) is 0 Å². The highest BCUT2D eigenvalue weighted by Gasteiger charge is 2.35. The standard InChI is InChI=1S/C22H18BrClN4O3/c1-11-18-19(15(9-25)21(26)31-22(18)28-27-11)13-7-16(23)20(17(8-13)29-2)30-10-12-4-3-5-14(24)6-12/h3-8,19H,10,26H2,1-2H3,(H,27,28)/t19-/m0/s1. The maximum atomic E-state index is 9.75. The molecule has 2 heterocycles. The van der Waals surface area contributed by atoms with Gasteiger partial charge in [0.1, 0.15) is 18.2 Å². The Balaban J connectivity index is 1.74. The van der Waals surface area contributed by atoms with Crippen molar-refractivity contribution in [1.82, 2.24) is 10.2 Å². The second-order valence-electron chi connectivity index (χ2n) is 6.94. The largest absolute Gasteiger partial charge is 0.493 e. The highest BCUT2D eigenvalue weighted by Crippen LogP contribution is 2.46. The van der Waals surface area contributed by atoms with Crippen LogP contribution in [0.3, 0.4) is 0 Å². The summed E-state index contributed by atoms with van der Waals surface area (Å²) in [4.78, 5) is 0. The monoisotopic (exact) mass is 500 g/mol. The van der Waals surface area contributed by atoms with Crippen LogP contribution in [-0.2, 0) is 6.61 Å². The molecule has 2 aromatic carbocycles. The number of aryl methyl sites for hydroxylation is 1. The fourth-order valence-electron chi connectivity index (χ4n) is 3.56. The molecule has 158 valence electrons. The summed E-state index contributed by atoms with van der Waals surface area (Å²) in [6.45, 7) is 2.18. The summed E-state index contributed by atoms with van der Waals surface area (Å²) in [6.07, 6.45) is 0. The van der Waals surface area contributed by atoms with Gasteiger partial charge in [0.25, 0.3) is 0 Å². The Kier molecular flexibility index (Phi) is 5.81. The summed E-state index contributed by atoms with van der Waals surface area (Å²) in [6, 6.07) is 13.3. The molecule has 0 radical (unpaired) electrons. The molecule has 7 nitrogen and oxygen atoms in total. The number of aromatic nitrogens is 2. The van der Waals surface area contributed by atoms with Gasteiger partial charge in [-0.05, 0) is 58.2 Å². The van der Waals surface area contributed by atoms with Crippen molar-refractivity contribution in [2.45, 2.75) is 19.4 Å². The molecule has 1 aliphatic heterocycles. The quantitative estimate of drug-likeness (QED) is 0.513. The number of allylic oxidation sites excluding steroid dienone is 1. The Labute approximate surface area is 192 Å². The van der Waals surface area contributed by atoms with Crippen molar-refractivity contribution < 1.29 is 14.2 Å². The number of nitrogens with two attached hydrogens (primary N) is 1. The van der Waals surface area contributed by atoms with Crippen LogP contribution in [0.4, 0.5) is 0 Å². The number of aromatic amines is 1. The fourth-order valence-corrected chi connectivity index (χ4v) is 4.35. The molecule has 0 unspecified atom stereocenters. The molecule has 0 saturated carbocycles. The van der Waals surface area contributed by atoms with Gasteiger partial charge in [-0.3, -0.25) is 5.10 Å². The van der Waals surface area contributed by atoms with Crippen LogP contribution in [0.15, 0.2) is 52.3 Å². The van der Waals surface area contributed by atoms with Crippen molar-refractivity contribution in [2.75, 3.05) is 7.11 Å². The maximum absolute atomic E-state index is 9.75. The van der Waals surface area contributed by atoms with Gasteiger partial charge in [-0.15, -0.1) is 5.10 Å². The Hall–Kier alpha value is -3.15. The number of nitrogens with zero attached hydrogens (tertiary/aromatic N) is 2. The van der Waals surface area contributed by atoms with Crippen LogP contribution in [-0.4, -0.2) is 17.3 Å². The van der Waals surface area contributed by atoms with E-state index in [1.165, 1.54) is 0 Å². The second kappa shape index (κ2) is 8.53. The molecule has 4 rings (SSSR count). The van der Waals surface area contributed by atoms with E-state index in [1.54, 1.807) is 7.11 Å². The van der Waals surface area contributed by atoms with Crippen molar-refractivity contribution in [2.24, 2.45) is 5.73 Å². The number of methoxy groups -OCH3 is 1. The van der Waals surface area contributed by atoms with Crippen molar-refractivity contribution in [3.05, 3.63) is 79.7 Å². The van der Waals surface area contributed by atoms with Crippen molar-refractivity contribution in [1.29, 1.82) is 5.26 Å². The van der Waals surface area contributed by atoms with Crippen LogP contribution >= 0.6 is 27.5 Å². The Bertz CT molecular complexity index is 1230. The van der Waals surface area contributed by atoms with Crippen molar-refractivity contribution in [3.8, 4) is 23.4 Å². The molecule has 3 N–H and O–H groups in total. The smallest absolute Gasteiger partial charge is 0.244 e. The van der Waals surface area contributed by atoms with Crippen LogP contribution in [0.5, 0.6) is 17.4 Å².